The van der Waals surface area contributed by atoms with Gasteiger partial charge in [0.2, 0.25) is 0 Å². The first kappa shape index (κ1) is 9.20. The Kier molecular flexibility index (Phi) is 2.68. The maximum Gasteiger partial charge on any atom is 0.141 e. The number of ether oxygens (including phenoxy) is 1. The van der Waals surface area contributed by atoms with Crippen molar-refractivity contribution in [2.45, 2.75) is 45.1 Å². The summed E-state index contributed by atoms with van der Waals surface area (Å²) in [6.07, 6.45) is 6.01. The molecular formula is C11H18O2. The maximum atomic E-state index is 11.9. The lowest BCUT2D eigenvalue weighted by Gasteiger charge is -2.12. The number of hydrogen-bond acceptors (Lipinski definition) is 2. The highest BCUT2D eigenvalue weighted by Crippen LogP contribution is 2.31. The van der Waals surface area contributed by atoms with Gasteiger partial charge in [0, 0.05) is 11.8 Å². The molecule has 1 saturated heterocycles. The second-order valence-corrected chi connectivity index (χ2v) is 4.46. The fraction of sp³-hybridized carbons (Fsp3) is 0.909. The summed E-state index contributed by atoms with van der Waals surface area (Å²) in [5.74, 6) is 1.08. The van der Waals surface area contributed by atoms with Crippen LogP contribution in [0.1, 0.15) is 39.0 Å². The van der Waals surface area contributed by atoms with E-state index in [9.17, 15) is 4.79 Å². The Morgan fingerprint density at radius 1 is 1.23 bits per heavy atom. The zero-order chi connectivity index (χ0) is 9.26. The van der Waals surface area contributed by atoms with Gasteiger partial charge in [0.05, 0.1) is 12.7 Å². The molecule has 1 heterocycles. The van der Waals surface area contributed by atoms with Gasteiger partial charge in [0.15, 0.2) is 0 Å². The molecule has 2 nitrogen and oxygen atoms in total. The molecule has 74 valence electrons. The van der Waals surface area contributed by atoms with Gasteiger partial charge in [-0.2, -0.15) is 0 Å². The van der Waals surface area contributed by atoms with Gasteiger partial charge in [-0.1, -0.05) is 12.8 Å². The molecule has 0 aromatic rings. The molecule has 2 rings (SSSR count). The minimum atomic E-state index is 0.220. The van der Waals surface area contributed by atoms with Crippen LogP contribution in [0, 0.1) is 11.8 Å². The number of hydrogen-bond donors (Lipinski definition) is 0. The van der Waals surface area contributed by atoms with E-state index in [0.717, 1.165) is 19.3 Å². The molecule has 0 amide bonds. The van der Waals surface area contributed by atoms with Crippen molar-refractivity contribution in [3.05, 3.63) is 0 Å². The molecular weight excluding hydrogens is 164 g/mol. The van der Waals surface area contributed by atoms with E-state index in [1.165, 1.54) is 12.8 Å². The summed E-state index contributed by atoms with van der Waals surface area (Å²) < 4.78 is 5.43. The van der Waals surface area contributed by atoms with Crippen LogP contribution in [0.5, 0.6) is 0 Å². The molecule has 1 aliphatic heterocycles. The first-order chi connectivity index (χ1) is 6.27. The van der Waals surface area contributed by atoms with Crippen LogP contribution in [0.3, 0.4) is 0 Å². The second kappa shape index (κ2) is 3.79. The van der Waals surface area contributed by atoms with Crippen LogP contribution in [-0.2, 0) is 9.53 Å². The Labute approximate surface area is 79.7 Å². The van der Waals surface area contributed by atoms with Crippen LogP contribution in [-0.4, -0.2) is 18.5 Å². The van der Waals surface area contributed by atoms with Gasteiger partial charge in [0.25, 0.3) is 0 Å². The summed E-state index contributed by atoms with van der Waals surface area (Å²) in [7, 11) is 0. The van der Waals surface area contributed by atoms with Crippen LogP contribution >= 0.6 is 0 Å². The van der Waals surface area contributed by atoms with Gasteiger partial charge in [-0.05, 0) is 26.2 Å². The molecule has 0 bridgehead atoms. The van der Waals surface area contributed by atoms with Crippen molar-refractivity contribution in [1.29, 1.82) is 0 Å². The van der Waals surface area contributed by atoms with E-state index in [4.69, 9.17) is 4.74 Å². The van der Waals surface area contributed by atoms with Crippen molar-refractivity contribution in [2.24, 2.45) is 11.8 Å². The minimum absolute atomic E-state index is 0.220. The molecule has 0 radical (unpaired) electrons. The quantitative estimate of drug-likeness (QED) is 0.654. The second-order valence-electron chi connectivity index (χ2n) is 4.46. The summed E-state index contributed by atoms with van der Waals surface area (Å²) in [6.45, 7) is 2.73. The Bertz CT molecular complexity index is 194. The zero-order valence-corrected chi connectivity index (χ0v) is 8.29. The predicted molar refractivity (Wildman–Crippen MR) is 50.5 cm³/mol. The molecule has 0 N–H and O–H groups in total. The van der Waals surface area contributed by atoms with Crippen molar-refractivity contribution < 1.29 is 9.53 Å². The summed E-state index contributed by atoms with van der Waals surface area (Å²) in [6, 6.07) is 0. The van der Waals surface area contributed by atoms with Crippen molar-refractivity contribution in [3.63, 3.8) is 0 Å². The Morgan fingerprint density at radius 2 is 1.92 bits per heavy atom. The van der Waals surface area contributed by atoms with Crippen molar-refractivity contribution in [1.82, 2.24) is 0 Å². The first-order valence-corrected chi connectivity index (χ1v) is 5.42. The normalized spacial score (nSPS) is 35.5. The number of carbonyl (C=O) groups is 1. The summed E-state index contributed by atoms with van der Waals surface area (Å²) in [5.41, 5.74) is 0. The highest BCUT2D eigenvalue weighted by atomic mass is 16.5. The molecule has 0 aromatic carbocycles. The van der Waals surface area contributed by atoms with Gasteiger partial charge in [-0.3, -0.25) is 4.79 Å². The van der Waals surface area contributed by atoms with E-state index in [2.05, 4.69) is 6.92 Å². The number of carbonyl (C=O) groups excluding carboxylic acids is 1. The molecule has 2 heteroatoms. The topological polar surface area (TPSA) is 26.3 Å². The lowest BCUT2D eigenvalue weighted by atomic mass is 9.90. The SMILES string of the molecule is CC1CC(C(=O)C2CCCC2)CO1. The third kappa shape index (κ3) is 1.93. The lowest BCUT2D eigenvalue weighted by Crippen LogP contribution is -2.22. The summed E-state index contributed by atoms with van der Waals surface area (Å²) in [4.78, 5) is 11.9. The largest absolute Gasteiger partial charge is 0.378 e. The minimum Gasteiger partial charge on any atom is -0.378 e. The van der Waals surface area contributed by atoms with E-state index in [-0.39, 0.29) is 5.92 Å². The fourth-order valence-corrected chi connectivity index (χ4v) is 2.56. The monoisotopic (exact) mass is 182 g/mol. The predicted octanol–water partition coefficient (Wildman–Crippen LogP) is 2.17. The van der Waals surface area contributed by atoms with Gasteiger partial charge >= 0.3 is 0 Å². The van der Waals surface area contributed by atoms with Crippen molar-refractivity contribution >= 4 is 5.78 Å². The lowest BCUT2D eigenvalue weighted by molar-refractivity contribution is -0.126. The average Bonchev–Trinajstić information content (AvgIpc) is 2.72. The first-order valence-electron chi connectivity index (χ1n) is 5.42. The number of rotatable bonds is 2. The third-order valence-electron chi connectivity index (χ3n) is 3.36. The van der Waals surface area contributed by atoms with Gasteiger partial charge < -0.3 is 4.74 Å². The van der Waals surface area contributed by atoms with Crippen molar-refractivity contribution in [2.75, 3.05) is 6.61 Å². The Balaban J connectivity index is 1.89. The molecule has 2 fully saturated rings. The average molecular weight is 182 g/mol. The van der Waals surface area contributed by atoms with E-state index in [1.54, 1.807) is 0 Å². The highest BCUT2D eigenvalue weighted by molar-refractivity contribution is 5.84. The van der Waals surface area contributed by atoms with Crippen LogP contribution in [0.15, 0.2) is 0 Å². The Hall–Kier alpha value is -0.370. The fourth-order valence-electron chi connectivity index (χ4n) is 2.56. The molecule has 2 unspecified atom stereocenters. The van der Waals surface area contributed by atoms with Crippen LogP contribution in [0.25, 0.3) is 0 Å². The van der Waals surface area contributed by atoms with Crippen LogP contribution in [0.4, 0.5) is 0 Å². The molecule has 2 atom stereocenters. The summed E-state index contributed by atoms with van der Waals surface area (Å²) in [5, 5.41) is 0. The smallest absolute Gasteiger partial charge is 0.141 e. The molecule has 0 aromatic heterocycles. The molecule has 0 spiro atoms. The van der Waals surface area contributed by atoms with E-state index in [0.29, 0.717) is 24.4 Å². The highest BCUT2D eigenvalue weighted by Gasteiger charge is 2.33. The third-order valence-corrected chi connectivity index (χ3v) is 3.36. The van der Waals surface area contributed by atoms with Gasteiger partial charge in [-0.25, -0.2) is 0 Å². The standard InChI is InChI=1S/C11H18O2/c1-8-6-10(7-13-8)11(12)9-4-2-3-5-9/h8-10H,2-7H2,1H3. The van der Waals surface area contributed by atoms with Gasteiger partial charge in [0.1, 0.15) is 5.78 Å². The van der Waals surface area contributed by atoms with Crippen LogP contribution in [0.2, 0.25) is 0 Å². The van der Waals surface area contributed by atoms with E-state index >= 15 is 0 Å². The van der Waals surface area contributed by atoms with E-state index < -0.39 is 0 Å². The van der Waals surface area contributed by atoms with E-state index in [1.807, 2.05) is 0 Å². The molecule has 2 aliphatic rings. The zero-order valence-electron chi connectivity index (χ0n) is 8.29. The summed E-state index contributed by atoms with van der Waals surface area (Å²) >= 11 is 0. The molecule has 1 aliphatic carbocycles. The molecule has 13 heavy (non-hydrogen) atoms. The number of Topliss-reactive ketones (excluding diaryl/α,β-unsaturated/α-hetero) is 1. The number of ketones is 1. The Morgan fingerprint density at radius 3 is 2.46 bits per heavy atom. The van der Waals surface area contributed by atoms with Crippen molar-refractivity contribution in [3.8, 4) is 0 Å². The maximum absolute atomic E-state index is 11.9. The molecule has 1 saturated carbocycles. The van der Waals surface area contributed by atoms with Crippen LogP contribution < -0.4 is 0 Å². The van der Waals surface area contributed by atoms with Gasteiger partial charge in [-0.15, -0.1) is 0 Å².